The number of carbonyl (C=O) groups is 4. The molecule has 2 saturated carbocycles. The smallest absolute Gasteiger partial charge is 0.321 e. The number of aliphatic hydroxyl groups excluding tert-OH is 1. The lowest BCUT2D eigenvalue weighted by Gasteiger charge is -2.66. The number of hydrogen-bond acceptors (Lipinski definition) is 8. The zero-order valence-corrected chi connectivity index (χ0v) is 22.3. The standard InChI is InChI=1S/C28H36O8/c1-13-11-17-25(6,28(23(33)34-8)21(31)14(2)20(30)26(13,28)7)12-16-19-24(4,5)18(35-15(3)29)9-10-27(17,19)22(32)36-16/h11,16-19,30H,9-10,12H2,1-8H3/t16-,17+,18-,19?,25-,26-,27+,28+/m1/s1/i21+1,23+1. The van der Waals surface area contributed by atoms with Gasteiger partial charge in [-0.1, -0.05) is 32.4 Å². The van der Waals surface area contributed by atoms with Crippen LogP contribution in [0.2, 0.25) is 0 Å². The third-order valence-corrected chi connectivity index (χ3v) is 11.0. The van der Waals surface area contributed by atoms with Gasteiger partial charge >= 0.3 is 17.9 Å². The van der Waals surface area contributed by atoms with Crippen molar-refractivity contribution in [1.82, 2.24) is 0 Å². The number of rotatable bonds is 2. The second-order valence-electron chi connectivity index (χ2n) is 12.5. The summed E-state index contributed by atoms with van der Waals surface area (Å²) in [5.41, 5.74) is -4.90. The van der Waals surface area contributed by atoms with Crippen molar-refractivity contribution in [2.45, 2.75) is 79.9 Å². The monoisotopic (exact) mass is 502 g/mol. The van der Waals surface area contributed by atoms with Crippen molar-refractivity contribution in [1.29, 1.82) is 0 Å². The molecule has 8 atom stereocenters. The molecule has 8 heteroatoms. The van der Waals surface area contributed by atoms with E-state index in [0.29, 0.717) is 18.4 Å². The normalized spacial score (nSPS) is 46.3. The van der Waals surface area contributed by atoms with Gasteiger partial charge in [0.25, 0.3) is 0 Å². The van der Waals surface area contributed by atoms with Crippen LogP contribution in [0.1, 0.15) is 67.7 Å². The first-order valence-corrected chi connectivity index (χ1v) is 12.7. The molecule has 0 aromatic rings. The Morgan fingerprint density at radius 1 is 1.14 bits per heavy atom. The molecular weight excluding hydrogens is 466 g/mol. The molecule has 1 heterocycles. The molecule has 1 N–H and O–H groups in total. The first-order valence-electron chi connectivity index (χ1n) is 12.7. The summed E-state index contributed by atoms with van der Waals surface area (Å²) < 4.78 is 17.1. The number of fused-ring (bicyclic) bond motifs is 3. The summed E-state index contributed by atoms with van der Waals surface area (Å²) in [6, 6.07) is 0. The van der Waals surface area contributed by atoms with Gasteiger partial charge in [-0.3, -0.25) is 19.2 Å². The molecule has 1 unspecified atom stereocenters. The van der Waals surface area contributed by atoms with E-state index >= 15 is 0 Å². The summed E-state index contributed by atoms with van der Waals surface area (Å²) in [5, 5.41) is 11.3. The molecule has 0 spiro atoms. The lowest BCUT2D eigenvalue weighted by atomic mass is 9.36. The fraction of sp³-hybridized carbons (Fsp3) is 0.714. The highest BCUT2D eigenvalue weighted by Crippen LogP contribution is 2.79. The van der Waals surface area contributed by atoms with E-state index in [4.69, 9.17) is 14.2 Å². The minimum atomic E-state index is -1.74. The van der Waals surface area contributed by atoms with Crippen LogP contribution in [-0.4, -0.2) is 48.1 Å². The number of allylic oxidation sites excluding steroid dienone is 3. The van der Waals surface area contributed by atoms with Crippen LogP contribution in [-0.2, 0) is 33.4 Å². The predicted molar refractivity (Wildman–Crippen MR) is 127 cm³/mol. The molecule has 196 valence electrons. The number of Topliss-reactive ketones (excluding diaryl/α,β-unsaturated/α-hetero) is 1. The Bertz CT molecular complexity index is 1180. The number of ether oxygens (including phenoxy) is 3. The van der Waals surface area contributed by atoms with E-state index in [1.807, 2.05) is 33.8 Å². The minimum Gasteiger partial charge on any atom is -0.511 e. The van der Waals surface area contributed by atoms with Crippen molar-refractivity contribution >= 4 is 23.7 Å². The van der Waals surface area contributed by atoms with Crippen LogP contribution in [0.4, 0.5) is 0 Å². The lowest BCUT2D eigenvalue weighted by Crippen LogP contribution is -2.71. The minimum absolute atomic E-state index is 0.121. The summed E-state index contributed by atoms with van der Waals surface area (Å²) in [4.78, 5) is 53.7. The van der Waals surface area contributed by atoms with E-state index in [0.717, 1.165) is 0 Å². The van der Waals surface area contributed by atoms with Crippen LogP contribution >= 0.6 is 0 Å². The maximum absolute atomic E-state index is 14.1. The number of methoxy groups -OCH3 is 1. The molecule has 0 aromatic heterocycles. The maximum atomic E-state index is 14.1. The summed E-state index contributed by atoms with van der Waals surface area (Å²) in [7, 11) is 1.26. The summed E-state index contributed by atoms with van der Waals surface area (Å²) >= 11 is 0. The van der Waals surface area contributed by atoms with Gasteiger partial charge in [-0.05, 0) is 40.0 Å². The molecule has 3 fully saturated rings. The predicted octanol–water partition coefficient (Wildman–Crippen LogP) is 3.83. The number of hydrogen-bond donors (Lipinski definition) is 1. The largest absolute Gasteiger partial charge is 0.511 e. The van der Waals surface area contributed by atoms with E-state index < -0.39 is 50.8 Å². The third-order valence-electron chi connectivity index (χ3n) is 11.0. The van der Waals surface area contributed by atoms with Crippen molar-refractivity contribution in [3.63, 3.8) is 0 Å². The molecular formula is C28H36O8. The molecule has 4 aliphatic carbocycles. The zero-order chi connectivity index (χ0) is 26.8. The molecule has 5 aliphatic rings. The molecule has 1 aliphatic heterocycles. The van der Waals surface area contributed by atoms with E-state index in [1.54, 1.807) is 13.8 Å². The van der Waals surface area contributed by atoms with Gasteiger partial charge in [0.1, 0.15) is 18.0 Å². The average molecular weight is 503 g/mol. The third kappa shape index (κ3) is 2.29. The summed E-state index contributed by atoms with van der Waals surface area (Å²) in [6.45, 7) is 12.4. The molecule has 0 aromatic carbocycles. The van der Waals surface area contributed by atoms with Crippen LogP contribution in [0.3, 0.4) is 0 Å². The van der Waals surface area contributed by atoms with Crippen LogP contribution in [0, 0.1) is 38.9 Å². The van der Waals surface area contributed by atoms with Crippen molar-refractivity contribution in [2.75, 3.05) is 7.11 Å². The van der Waals surface area contributed by atoms with Gasteiger partial charge in [0.15, 0.2) is 11.2 Å². The van der Waals surface area contributed by atoms with Gasteiger partial charge in [-0.2, -0.15) is 0 Å². The van der Waals surface area contributed by atoms with Crippen LogP contribution < -0.4 is 0 Å². The summed E-state index contributed by atoms with van der Waals surface area (Å²) in [6.07, 6.45) is 2.14. The number of ketones is 1. The van der Waals surface area contributed by atoms with Gasteiger partial charge < -0.3 is 19.3 Å². The Labute approximate surface area is 211 Å². The summed E-state index contributed by atoms with van der Waals surface area (Å²) in [5.74, 6) is -2.77. The van der Waals surface area contributed by atoms with Crippen molar-refractivity contribution in [2.24, 2.45) is 38.9 Å². The highest BCUT2D eigenvalue weighted by atomic mass is 16.6. The Hall–Kier alpha value is -2.64. The van der Waals surface area contributed by atoms with Crippen LogP contribution in [0.25, 0.3) is 0 Å². The van der Waals surface area contributed by atoms with Crippen LogP contribution in [0.5, 0.6) is 0 Å². The molecule has 2 bridgehead atoms. The Morgan fingerprint density at radius 3 is 2.36 bits per heavy atom. The fourth-order valence-electron chi connectivity index (χ4n) is 9.58. The Balaban J connectivity index is 1.79. The van der Waals surface area contributed by atoms with Gasteiger partial charge in [0, 0.05) is 35.2 Å². The van der Waals surface area contributed by atoms with Crippen molar-refractivity contribution in [3.8, 4) is 0 Å². The molecule has 36 heavy (non-hydrogen) atoms. The highest BCUT2D eigenvalue weighted by Gasteiger charge is 2.84. The second-order valence-corrected chi connectivity index (χ2v) is 12.5. The number of aliphatic hydroxyl groups is 1. The first kappa shape index (κ1) is 25.0. The number of carbonyl (C=O) groups excluding carboxylic acids is 4. The van der Waals surface area contributed by atoms with Gasteiger partial charge in [0.2, 0.25) is 0 Å². The van der Waals surface area contributed by atoms with E-state index in [1.165, 1.54) is 14.0 Å². The Morgan fingerprint density at radius 2 is 1.78 bits per heavy atom. The molecule has 5 rings (SSSR count). The molecule has 0 radical (unpaired) electrons. The van der Waals surface area contributed by atoms with Crippen molar-refractivity contribution in [3.05, 3.63) is 23.0 Å². The zero-order valence-electron chi connectivity index (χ0n) is 22.3. The van der Waals surface area contributed by atoms with Crippen LogP contribution in [0.15, 0.2) is 23.0 Å². The van der Waals surface area contributed by atoms with Gasteiger partial charge in [-0.25, -0.2) is 0 Å². The van der Waals surface area contributed by atoms with E-state index in [-0.39, 0.29) is 41.7 Å². The second kappa shape index (κ2) is 7.01. The van der Waals surface area contributed by atoms with Crippen molar-refractivity contribution < 1.29 is 38.5 Å². The first-order chi connectivity index (χ1) is 16.6. The fourth-order valence-corrected chi connectivity index (χ4v) is 9.58. The van der Waals surface area contributed by atoms with Gasteiger partial charge in [0.05, 0.1) is 17.9 Å². The molecule has 0 amide bonds. The average Bonchev–Trinajstić information content (AvgIpc) is 3.12. The number of esters is 3. The van der Waals surface area contributed by atoms with Gasteiger partial charge in [-0.15, -0.1) is 0 Å². The molecule has 1 saturated heterocycles. The molecule has 8 nitrogen and oxygen atoms in total. The topological polar surface area (TPSA) is 116 Å². The highest BCUT2D eigenvalue weighted by molar-refractivity contribution is 6.17. The SMILES string of the molecule is CO[13C](=O)[C@]12[13C](=O)C(C)=C(O)[C@@]1(C)C(C)=C[C@@H]1[C@@]34CC[C@@H](OC(C)=O)C(C)(C)C3[C@@H](C[C@]12C)OC4=O. The lowest BCUT2D eigenvalue weighted by molar-refractivity contribution is -0.216. The Kier molecular flexibility index (Phi) is 4.88. The van der Waals surface area contributed by atoms with E-state index in [9.17, 15) is 24.3 Å². The van der Waals surface area contributed by atoms with E-state index in [2.05, 4.69) is 0 Å². The quantitative estimate of drug-likeness (QED) is 0.199. The maximum Gasteiger partial charge on any atom is 0.321 e.